The molecule has 3 N–H and O–H groups in total. The van der Waals surface area contributed by atoms with Gasteiger partial charge in [0.15, 0.2) is 0 Å². The van der Waals surface area contributed by atoms with Crippen molar-refractivity contribution in [1.82, 2.24) is 0 Å². The molecule has 2 nitrogen and oxygen atoms in total. The highest BCUT2D eigenvalue weighted by atomic mass is 32.2. The summed E-state index contributed by atoms with van der Waals surface area (Å²) in [4.78, 5) is 0. The van der Waals surface area contributed by atoms with Gasteiger partial charge in [-0.25, -0.2) is 0 Å². The van der Waals surface area contributed by atoms with E-state index in [1.807, 2.05) is 42.1 Å². The third kappa shape index (κ3) is 4.23. The van der Waals surface area contributed by atoms with E-state index in [2.05, 4.69) is 0 Å². The molecule has 0 aromatic heterocycles. The second-order valence-electron chi connectivity index (χ2n) is 5.56. The summed E-state index contributed by atoms with van der Waals surface area (Å²) < 4.78 is 0. The lowest BCUT2D eigenvalue weighted by atomic mass is 9.89. The summed E-state index contributed by atoms with van der Waals surface area (Å²) in [5.74, 6) is 1.04. The minimum Gasteiger partial charge on any atom is -0.394 e. The maximum atomic E-state index is 9.64. The molecular formula is C16H25NOS. The van der Waals surface area contributed by atoms with E-state index >= 15 is 0 Å². The molecule has 1 aliphatic carbocycles. The fourth-order valence-electron chi connectivity index (χ4n) is 2.72. The van der Waals surface area contributed by atoms with Gasteiger partial charge < -0.3 is 10.8 Å². The molecule has 0 aliphatic heterocycles. The topological polar surface area (TPSA) is 46.2 Å². The van der Waals surface area contributed by atoms with E-state index in [0.717, 1.165) is 23.0 Å². The van der Waals surface area contributed by atoms with Crippen LogP contribution in [0.2, 0.25) is 0 Å². The van der Waals surface area contributed by atoms with Crippen molar-refractivity contribution < 1.29 is 5.11 Å². The third-order valence-electron chi connectivity index (χ3n) is 4.08. The predicted octanol–water partition coefficient (Wildman–Crippen LogP) is 3.29. The Morgan fingerprint density at radius 3 is 2.47 bits per heavy atom. The molecule has 1 fully saturated rings. The zero-order valence-electron chi connectivity index (χ0n) is 11.6. The second-order valence-corrected chi connectivity index (χ2v) is 6.97. The van der Waals surface area contributed by atoms with Crippen LogP contribution in [0.15, 0.2) is 30.3 Å². The van der Waals surface area contributed by atoms with Crippen LogP contribution in [-0.2, 0) is 5.54 Å². The number of nitrogens with two attached hydrogens (primary N) is 1. The molecule has 1 aromatic rings. The molecule has 0 bridgehead atoms. The second kappa shape index (κ2) is 7.32. The molecule has 0 saturated heterocycles. The largest absolute Gasteiger partial charge is 0.394 e. The Bertz CT molecular complexity index is 364. The Kier molecular flexibility index (Phi) is 5.74. The third-order valence-corrected chi connectivity index (χ3v) is 5.47. The molecule has 3 heteroatoms. The van der Waals surface area contributed by atoms with Crippen molar-refractivity contribution in [3.05, 3.63) is 35.9 Å². The first kappa shape index (κ1) is 14.9. The molecule has 1 saturated carbocycles. The first-order valence-corrected chi connectivity index (χ1v) is 8.36. The maximum absolute atomic E-state index is 9.64. The van der Waals surface area contributed by atoms with E-state index in [1.54, 1.807) is 0 Å². The first-order valence-electron chi connectivity index (χ1n) is 7.31. The molecule has 0 heterocycles. The van der Waals surface area contributed by atoms with Gasteiger partial charge in [-0.1, -0.05) is 49.6 Å². The highest BCUT2D eigenvalue weighted by molar-refractivity contribution is 7.99. The van der Waals surface area contributed by atoms with E-state index in [-0.39, 0.29) is 6.61 Å². The van der Waals surface area contributed by atoms with Gasteiger partial charge in [0, 0.05) is 5.25 Å². The zero-order valence-corrected chi connectivity index (χ0v) is 12.4. The van der Waals surface area contributed by atoms with Crippen molar-refractivity contribution in [2.75, 3.05) is 12.4 Å². The van der Waals surface area contributed by atoms with Crippen LogP contribution >= 0.6 is 11.8 Å². The van der Waals surface area contributed by atoms with Crippen LogP contribution in [-0.4, -0.2) is 22.7 Å². The maximum Gasteiger partial charge on any atom is 0.0653 e. The average Bonchev–Trinajstić information content (AvgIpc) is 2.49. The molecule has 1 aromatic carbocycles. The van der Waals surface area contributed by atoms with Crippen molar-refractivity contribution in [3.63, 3.8) is 0 Å². The fraction of sp³-hybridized carbons (Fsp3) is 0.625. The van der Waals surface area contributed by atoms with Crippen LogP contribution < -0.4 is 5.73 Å². The van der Waals surface area contributed by atoms with Crippen LogP contribution in [0.5, 0.6) is 0 Å². The summed E-state index contributed by atoms with van der Waals surface area (Å²) in [6.45, 7) is 0.0161. The Labute approximate surface area is 120 Å². The van der Waals surface area contributed by atoms with Gasteiger partial charge in [-0.2, -0.15) is 11.8 Å². The lowest BCUT2D eigenvalue weighted by Crippen LogP contribution is -2.41. The van der Waals surface area contributed by atoms with Crippen molar-refractivity contribution in [2.24, 2.45) is 5.73 Å². The molecular weight excluding hydrogens is 254 g/mol. The highest BCUT2D eigenvalue weighted by Crippen LogP contribution is 2.31. The molecule has 2 rings (SSSR count). The minimum absolute atomic E-state index is 0.0161. The zero-order chi connectivity index (χ0) is 13.6. The summed E-state index contributed by atoms with van der Waals surface area (Å²) in [5, 5.41) is 10.5. The van der Waals surface area contributed by atoms with Crippen LogP contribution in [0, 0.1) is 0 Å². The van der Waals surface area contributed by atoms with E-state index in [0.29, 0.717) is 0 Å². The molecule has 0 amide bonds. The Morgan fingerprint density at radius 2 is 1.84 bits per heavy atom. The van der Waals surface area contributed by atoms with Crippen molar-refractivity contribution in [3.8, 4) is 0 Å². The molecule has 19 heavy (non-hydrogen) atoms. The van der Waals surface area contributed by atoms with Crippen LogP contribution in [0.25, 0.3) is 0 Å². The van der Waals surface area contributed by atoms with Gasteiger partial charge in [0.05, 0.1) is 12.1 Å². The average molecular weight is 279 g/mol. The summed E-state index contributed by atoms with van der Waals surface area (Å²) in [6, 6.07) is 9.99. The van der Waals surface area contributed by atoms with Crippen LogP contribution in [0.1, 0.15) is 44.1 Å². The fourth-order valence-corrected chi connectivity index (χ4v) is 4.21. The first-order chi connectivity index (χ1) is 9.24. The van der Waals surface area contributed by atoms with Crippen molar-refractivity contribution in [1.29, 1.82) is 0 Å². The molecule has 0 spiro atoms. The van der Waals surface area contributed by atoms with Gasteiger partial charge in [-0.3, -0.25) is 0 Å². The van der Waals surface area contributed by atoms with Gasteiger partial charge in [-0.05, 0) is 30.6 Å². The quantitative estimate of drug-likeness (QED) is 0.840. The van der Waals surface area contributed by atoms with Crippen molar-refractivity contribution in [2.45, 2.75) is 49.3 Å². The van der Waals surface area contributed by atoms with Gasteiger partial charge in [0.2, 0.25) is 0 Å². The Morgan fingerprint density at radius 1 is 1.16 bits per heavy atom. The molecule has 1 unspecified atom stereocenters. The number of hydrogen-bond acceptors (Lipinski definition) is 3. The highest BCUT2D eigenvalue weighted by Gasteiger charge is 2.26. The summed E-state index contributed by atoms with van der Waals surface area (Å²) in [5.41, 5.74) is 6.83. The van der Waals surface area contributed by atoms with Crippen LogP contribution in [0.3, 0.4) is 0 Å². The van der Waals surface area contributed by atoms with Gasteiger partial charge >= 0.3 is 0 Å². The number of thioether (sulfide) groups is 1. The standard InChI is InChI=1S/C16H25NOS/c17-16(13-18,14-7-3-1-4-8-14)11-12-19-15-9-5-2-6-10-15/h1,3-4,7-8,15,18H,2,5-6,9-13,17H2. The number of aliphatic hydroxyl groups excluding tert-OH is 1. The lowest BCUT2D eigenvalue weighted by molar-refractivity contribution is 0.193. The minimum atomic E-state index is -0.580. The molecule has 0 radical (unpaired) electrons. The van der Waals surface area contributed by atoms with E-state index in [4.69, 9.17) is 5.73 Å². The van der Waals surface area contributed by atoms with Crippen LogP contribution in [0.4, 0.5) is 0 Å². The molecule has 106 valence electrons. The monoisotopic (exact) mass is 279 g/mol. The van der Waals surface area contributed by atoms with Gasteiger partial charge in [0.1, 0.15) is 0 Å². The Hall–Kier alpha value is -0.510. The van der Waals surface area contributed by atoms with Crippen molar-refractivity contribution >= 4 is 11.8 Å². The number of rotatable bonds is 6. The SMILES string of the molecule is NC(CO)(CCSC1CCCCC1)c1ccccc1. The molecule has 1 atom stereocenters. The normalized spacial score (nSPS) is 20.1. The smallest absolute Gasteiger partial charge is 0.0653 e. The summed E-state index contributed by atoms with van der Waals surface area (Å²) in [7, 11) is 0. The van der Waals surface area contributed by atoms with Gasteiger partial charge in [-0.15, -0.1) is 0 Å². The van der Waals surface area contributed by atoms with Gasteiger partial charge in [0.25, 0.3) is 0 Å². The summed E-state index contributed by atoms with van der Waals surface area (Å²) >= 11 is 2.04. The van der Waals surface area contributed by atoms with E-state index in [1.165, 1.54) is 32.1 Å². The lowest BCUT2D eigenvalue weighted by Gasteiger charge is -2.29. The predicted molar refractivity (Wildman–Crippen MR) is 83.3 cm³/mol. The number of aliphatic hydroxyl groups is 1. The Balaban J connectivity index is 1.85. The van der Waals surface area contributed by atoms with E-state index in [9.17, 15) is 5.11 Å². The summed E-state index contributed by atoms with van der Waals surface area (Å²) in [6.07, 6.45) is 7.71. The van der Waals surface area contributed by atoms with E-state index < -0.39 is 5.54 Å². The molecule has 1 aliphatic rings. The number of hydrogen-bond donors (Lipinski definition) is 2. The number of benzene rings is 1.